The quantitative estimate of drug-likeness (QED) is 0.582. The number of ether oxygens (including phenoxy) is 1. The summed E-state index contributed by atoms with van der Waals surface area (Å²) in [6.45, 7) is 0.762. The summed E-state index contributed by atoms with van der Waals surface area (Å²) in [4.78, 5) is 30.1. The van der Waals surface area contributed by atoms with Crippen LogP contribution in [0.15, 0.2) is 12.1 Å². The van der Waals surface area contributed by atoms with E-state index < -0.39 is 36.4 Å². The van der Waals surface area contributed by atoms with Crippen molar-refractivity contribution >= 4 is 17.5 Å². The molecule has 1 aliphatic carbocycles. The molecule has 10 heteroatoms. The molecule has 0 radical (unpaired) electrons. The molecule has 2 amide bonds. The average molecular weight is 409 g/mol. The van der Waals surface area contributed by atoms with E-state index in [0.29, 0.717) is 37.7 Å². The Kier molecular flexibility index (Phi) is 5.05. The van der Waals surface area contributed by atoms with E-state index in [4.69, 9.17) is 10.5 Å². The van der Waals surface area contributed by atoms with Gasteiger partial charge in [0, 0.05) is 6.54 Å². The maximum atomic E-state index is 13.3. The van der Waals surface area contributed by atoms with Crippen LogP contribution in [-0.2, 0) is 4.79 Å². The standard InChI is InChI=1S/C19H25F2N5O3/c20-19(21)10-26(11-19)14-4-3-13(24-17(14)29-8-12-1-2-12)16(28)25-18(7-15(22)27)5-6-23-9-18/h3-4,12,23H,1-2,5-11H2,(H2,22,27)(H,25,28). The zero-order valence-electron chi connectivity index (χ0n) is 16.0. The highest BCUT2D eigenvalue weighted by atomic mass is 19.3. The van der Waals surface area contributed by atoms with E-state index in [1.54, 1.807) is 6.07 Å². The summed E-state index contributed by atoms with van der Waals surface area (Å²) >= 11 is 0. The Bertz CT molecular complexity index is 801. The van der Waals surface area contributed by atoms with Crippen molar-refractivity contribution in [2.75, 3.05) is 37.7 Å². The van der Waals surface area contributed by atoms with Crippen LogP contribution in [0.1, 0.15) is 36.2 Å². The second-order valence-electron chi connectivity index (χ2n) is 8.29. The van der Waals surface area contributed by atoms with Crippen molar-refractivity contribution in [3.05, 3.63) is 17.8 Å². The molecule has 1 aromatic heterocycles. The highest BCUT2D eigenvalue weighted by Gasteiger charge is 2.45. The van der Waals surface area contributed by atoms with E-state index in [0.717, 1.165) is 12.8 Å². The molecular weight excluding hydrogens is 384 g/mol. The first-order valence-corrected chi connectivity index (χ1v) is 9.83. The molecule has 4 N–H and O–H groups in total. The van der Waals surface area contributed by atoms with E-state index in [9.17, 15) is 18.4 Å². The predicted octanol–water partition coefficient (Wildman–Crippen LogP) is 0.663. The summed E-state index contributed by atoms with van der Waals surface area (Å²) in [6, 6.07) is 3.08. The number of alkyl halides is 2. The van der Waals surface area contributed by atoms with Crippen molar-refractivity contribution in [2.24, 2.45) is 11.7 Å². The number of carbonyl (C=O) groups is 2. The minimum Gasteiger partial charge on any atom is -0.476 e. The van der Waals surface area contributed by atoms with Gasteiger partial charge >= 0.3 is 0 Å². The Morgan fingerprint density at radius 2 is 2.10 bits per heavy atom. The van der Waals surface area contributed by atoms with Gasteiger partial charge in [0.25, 0.3) is 11.8 Å². The third-order valence-electron chi connectivity index (χ3n) is 5.55. The average Bonchev–Trinajstić information content (AvgIpc) is 3.36. The number of nitrogens with one attached hydrogen (secondary N) is 2. The maximum Gasteiger partial charge on any atom is 0.282 e. The maximum absolute atomic E-state index is 13.3. The van der Waals surface area contributed by atoms with Crippen molar-refractivity contribution in [1.82, 2.24) is 15.6 Å². The first-order valence-electron chi connectivity index (χ1n) is 9.83. The molecule has 4 rings (SSSR count). The lowest BCUT2D eigenvalue weighted by Crippen LogP contribution is -2.56. The molecule has 1 atom stereocenters. The van der Waals surface area contributed by atoms with E-state index >= 15 is 0 Å². The Morgan fingerprint density at radius 3 is 2.69 bits per heavy atom. The van der Waals surface area contributed by atoms with Gasteiger partial charge in [0.05, 0.1) is 31.7 Å². The highest BCUT2D eigenvalue weighted by Crippen LogP contribution is 2.38. The zero-order chi connectivity index (χ0) is 20.6. The van der Waals surface area contributed by atoms with Crippen molar-refractivity contribution < 1.29 is 23.1 Å². The summed E-state index contributed by atoms with van der Waals surface area (Å²) in [5.41, 5.74) is 5.17. The van der Waals surface area contributed by atoms with Gasteiger partial charge in [-0.1, -0.05) is 0 Å². The Balaban J connectivity index is 1.52. The number of hydrogen-bond donors (Lipinski definition) is 3. The van der Waals surface area contributed by atoms with Gasteiger partial charge in [-0.05, 0) is 43.9 Å². The topological polar surface area (TPSA) is 110 Å². The number of hydrogen-bond acceptors (Lipinski definition) is 6. The first-order chi connectivity index (χ1) is 13.8. The molecule has 29 heavy (non-hydrogen) atoms. The molecule has 3 fully saturated rings. The van der Waals surface area contributed by atoms with Crippen LogP contribution in [0.3, 0.4) is 0 Å². The van der Waals surface area contributed by atoms with Crippen molar-refractivity contribution in [2.45, 2.75) is 37.1 Å². The van der Waals surface area contributed by atoms with Crippen LogP contribution in [0.4, 0.5) is 14.5 Å². The summed E-state index contributed by atoms with van der Waals surface area (Å²) in [6.07, 6.45) is 2.74. The van der Waals surface area contributed by atoms with Crippen LogP contribution in [0.2, 0.25) is 0 Å². The van der Waals surface area contributed by atoms with E-state index in [2.05, 4.69) is 15.6 Å². The monoisotopic (exact) mass is 409 g/mol. The second kappa shape index (κ2) is 7.40. The smallest absolute Gasteiger partial charge is 0.282 e. The second-order valence-corrected chi connectivity index (χ2v) is 8.29. The highest BCUT2D eigenvalue weighted by molar-refractivity contribution is 5.94. The van der Waals surface area contributed by atoms with Crippen LogP contribution in [-0.4, -0.2) is 61.0 Å². The Morgan fingerprint density at radius 1 is 1.34 bits per heavy atom. The summed E-state index contributed by atoms with van der Waals surface area (Å²) in [5, 5.41) is 6.01. The van der Waals surface area contributed by atoms with Crippen molar-refractivity contribution in [3.8, 4) is 5.88 Å². The normalized spacial score (nSPS) is 25.4. The summed E-state index contributed by atoms with van der Waals surface area (Å²) in [7, 11) is 0. The fourth-order valence-electron chi connectivity index (χ4n) is 3.75. The summed E-state index contributed by atoms with van der Waals surface area (Å²) < 4.78 is 32.4. The number of pyridine rings is 1. The number of anilines is 1. The first kappa shape index (κ1) is 19.8. The van der Waals surface area contributed by atoms with Crippen molar-refractivity contribution in [1.29, 1.82) is 0 Å². The molecule has 0 spiro atoms. The van der Waals surface area contributed by atoms with Gasteiger partial charge < -0.3 is 26.0 Å². The van der Waals surface area contributed by atoms with Gasteiger partial charge in [-0.15, -0.1) is 0 Å². The van der Waals surface area contributed by atoms with Crippen LogP contribution in [0.5, 0.6) is 5.88 Å². The minimum atomic E-state index is -2.72. The number of halogens is 2. The lowest BCUT2D eigenvalue weighted by atomic mass is 9.93. The van der Waals surface area contributed by atoms with Gasteiger partial charge in [-0.25, -0.2) is 13.8 Å². The fraction of sp³-hybridized carbons (Fsp3) is 0.632. The number of aromatic nitrogens is 1. The molecule has 0 aromatic carbocycles. The number of rotatable bonds is 8. The Labute approximate surface area is 167 Å². The number of nitrogens with zero attached hydrogens (tertiary/aromatic N) is 2. The third-order valence-corrected chi connectivity index (χ3v) is 5.55. The minimum absolute atomic E-state index is 0.0255. The number of carbonyl (C=O) groups excluding carboxylic acids is 2. The van der Waals surface area contributed by atoms with Crippen LogP contribution < -0.4 is 26.0 Å². The molecule has 1 saturated carbocycles. The van der Waals surface area contributed by atoms with Crippen LogP contribution in [0, 0.1) is 5.92 Å². The lowest BCUT2D eigenvalue weighted by Gasteiger charge is -2.40. The van der Waals surface area contributed by atoms with Crippen LogP contribution >= 0.6 is 0 Å². The molecule has 1 aromatic rings. The Hall–Kier alpha value is -2.49. The van der Waals surface area contributed by atoms with E-state index in [1.807, 2.05) is 0 Å². The SMILES string of the molecule is NC(=O)CC1(NC(=O)c2ccc(N3CC(F)(F)C3)c(OCC3CC3)n2)CCNC1. The third kappa shape index (κ3) is 4.58. The molecule has 2 saturated heterocycles. The molecule has 3 aliphatic rings. The van der Waals surface area contributed by atoms with Gasteiger partial charge in [0.1, 0.15) is 11.4 Å². The number of amides is 2. The van der Waals surface area contributed by atoms with Gasteiger partial charge in [0.2, 0.25) is 11.8 Å². The largest absolute Gasteiger partial charge is 0.476 e. The molecule has 2 aliphatic heterocycles. The van der Waals surface area contributed by atoms with Gasteiger partial charge in [0.15, 0.2) is 0 Å². The van der Waals surface area contributed by atoms with Gasteiger partial charge in [-0.2, -0.15) is 0 Å². The molecular formula is C19H25F2N5O3. The lowest BCUT2D eigenvalue weighted by molar-refractivity contribution is -0.119. The number of primary amides is 1. The zero-order valence-corrected chi connectivity index (χ0v) is 16.0. The molecule has 3 heterocycles. The van der Waals surface area contributed by atoms with Crippen LogP contribution in [0.25, 0.3) is 0 Å². The molecule has 8 nitrogen and oxygen atoms in total. The van der Waals surface area contributed by atoms with Crippen molar-refractivity contribution in [3.63, 3.8) is 0 Å². The van der Waals surface area contributed by atoms with E-state index in [1.165, 1.54) is 11.0 Å². The molecule has 158 valence electrons. The predicted molar refractivity (Wildman–Crippen MR) is 101 cm³/mol. The van der Waals surface area contributed by atoms with E-state index in [-0.39, 0.29) is 18.0 Å². The summed E-state index contributed by atoms with van der Waals surface area (Å²) in [5.74, 6) is -3.03. The molecule has 0 bridgehead atoms. The number of nitrogens with two attached hydrogens (primary N) is 1. The molecule has 1 unspecified atom stereocenters. The fourth-order valence-corrected chi connectivity index (χ4v) is 3.75. The van der Waals surface area contributed by atoms with Gasteiger partial charge in [-0.3, -0.25) is 9.59 Å².